The summed E-state index contributed by atoms with van der Waals surface area (Å²) in [7, 11) is 0. The molecule has 0 spiro atoms. The second kappa shape index (κ2) is 4.25. The van der Waals surface area contributed by atoms with Crippen molar-refractivity contribution >= 4 is 5.65 Å². The number of imidazole rings is 1. The minimum Gasteiger partial charge on any atom is -0.363 e. The van der Waals surface area contributed by atoms with E-state index in [-0.39, 0.29) is 0 Å². The number of benzene rings is 1. The molecule has 0 saturated heterocycles. The van der Waals surface area contributed by atoms with Gasteiger partial charge in [-0.3, -0.25) is 4.40 Å². The number of aliphatic hydroxyl groups is 2. The molecule has 0 radical (unpaired) electrons. The Morgan fingerprint density at radius 3 is 2.39 bits per heavy atom. The summed E-state index contributed by atoms with van der Waals surface area (Å²) in [5.41, 5.74) is 2.54. The summed E-state index contributed by atoms with van der Waals surface area (Å²) >= 11 is 0. The first kappa shape index (κ1) is 11.0. The standard InChI is InChI=1S/C14H12N2O2/c17-14(18)13-12(10-6-2-1-3-7-10)15-11-8-4-5-9-16(11)13/h1-9,14,17-18H. The summed E-state index contributed by atoms with van der Waals surface area (Å²) in [6, 6.07) is 15.0. The van der Waals surface area contributed by atoms with Gasteiger partial charge in [-0.15, -0.1) is 0 Å². The Labute approximate surface area is 104 Å². The quantitative estimate of drug-likeness (QED) is 0.673. The fourth-order valence-electron chi connectivity index (χ4n) is 2.07. The minimum absolute atomic E-state index is 0.386. The molecule has 0 aliphatic carbocycles. The van der Waals surface area contributed by atoms with E-state index in [2.05, 4.69) is 4.98 Å². The maximum Gasteiger partial charge on any atom is 0.196 e. The molecule has 2 heterocycles. The van der Waals surface area contributed by atoms with Crippen LogP contribution in [0.25, 0.3) is 16.9 Å². The molecule has 0 aliphatic heterocycles. The van der Waals surface area contributed by atoms with Gasteiger partial charge >= 0.3 is 0 Å². The Balaban J connectivity index is 2.32. The zero-order chi connectivity index (χ0) is 12.5. The average Bonchev–Trinajstić information content (AvgIpc) is 2.79. The predicted octanol–water partition coefficient (Wildman–Crippen LogP) is 1.98. The van der Waals surface area contributed by atoms with Crippen LogP contribution in [-0.2, 0) is 0 Å². The first-order chi connectivity index (χ1) is 8.77. The Bertz CT molecular complexity index is 675. The Hall–Kier alpha value is -2.17. The highest BCUT2D eigenvalue weighted by Crippen LogP contribution is 2.27. The molecule has 0 saturated carbocycles. The largest absolute Gasteiger partial charge is 0.363 e. The van der Waals surface area contributed by atoms with Crippen molar-refractivity contribution in [1.82, 2.24) is 9.38 Å². The van der Waals surface area contributed by atoms with Crippen LogP contribution in [-0.4, -0.2) is 19.6 Å². The molecule has 0 amide bonds. The SMILES string of the molecule is OC(O)c1c(-c2ccccc2)nc2ccccn12. The fourth-order valence-corrected chi connectivity index (χ4v) is 2.07. The van der Waals surface area contributed by atoms with E-state index in [1.54, 1.807) is 10.6 Å². The number of nitrogens with zero attached hydrogens (tertiary/aromatic N) is 2. The lowest BCUT2D eigenvalue weighted by Gasteiger charge is -2.06. The van der Waals surface area contributed by atoms with Crippen molar-refractivity contribution < 1.29 is 10.2 Å². The molecule has 2 N–H and O–H groups in total. The minimum atomic E-state index is -1.56. The van der Waals surface area contributed by atoms with Crippen molar-refractivity contribution in [3.63, 3.8) is 0 Å². The second-order valence-electron chi connectivity index (χ2n) is 4.01. The van der Waals surface area contributed by atoms with Gasteiger partial charge in [0.1, 0.15) is 11.3 Å². The molecule has 3 rings (SSSR count). The van der Waals surface area contributed by atoms with Crippen LogP contribution < -0.4 is 0 Å². The van der Waals surface area contributed by atoms with Gasteiger partial charge in [-0.2, -0.15) is 0 Å². The molecule has 0 bridgehead atoms. The highest BCUT2D eigenvalue weighted by Gasteiger charge is 2.18. The average molecular weight is 240 g/mol. The lowest BCUT2D eigenvalue weighted by Crippen LogP contribution is -2.01. The van der Waals surface area contributed by atoms with Gasteiger partial charge in [0.2, 0.25) is 0 Å². The third kappa shape index (κ3) is 1.68. The zero-order valence-electron chi connectivity index (χ0n) is 9.56. The number of hydrogen-bond acceptors (Lipinski definition) is 3. The molecule has 18 heavy (non-hydrogen) atoms. The first-order valence-electron chi connectivity index (χ1n) is 5.66. The first-order valence-corrected chi connectivity index (χ1v) is 5.66. The van der Waals surface area contributed by atoms with Crippen LogP contribution in [0, 0.1) is 0 Å². The van der Waals surface area contributed by atoms with Crippen LogP contribution in [0.2, 0.25) is 0 Å². The summed E-state index contributed by atoms with van der Waals surface area (Å²) in [6.45, 7) is 0. The van der Waals surface area contributed by atoms with E-state index in [0.717, 1.165) is 5.56 Å². The van der Waals surface area contributed by atoms with E-state index in [4.69, 9.17) is 0 Å². The topological polar surface area (TPSA) is 57.8 Å². The van der Waals surface area contributed by atoms with Crippen LogP contribution in [0.3, 0.4) is 0 Å². The van der Waals surface area contributed by atoms with Crippen molar-refractivity contribution in [2.75, 3.05) is 0 Å². The maximum absolute atomic E-state index is 9.55. The number of aliphatic hydroxyl groups excluding tert-OH is 1. The zero-order valence-corrected chi connectivity index (χ0v) is 9.56. The highest BCUT2D eigenvalue weighted by atomic mass is 16.5. The summed E-state index contributed by atoms with van der Waals surface area (Å²) in [6.07, 6.45) is 0.210. The summed E-state index contributed by atoms with van der Waals surface area (Å²) in [5, 5.41) is 19.1. The van der Waals surface area contributed by atoms with E-state index in [1.807, 2.05) is 48.5 Å². The van der Waals surface area contributed by atoms with Crippen molar-refractivity contribution in [2.24, 2.45) is 0 Å². The molecule has 90 valence electrons. The Morgan fingerprint density at radius 2 is 1.67 bits per heavy atom. The monoisotopic (exact) mass is 240 g/mol. The van der Waals surface area contributed by atoms with Crippen LogP contribution in [0.1, 0.15) is 12.0 Å². The number of rotatable bonds is 2. The normalized spacial score (nSPS) is 11.3. The van der Waals surface area contributed by atoms with E-state index < -0.39 is 6.29 Å². The number of hydrogen-bond donors (Lipinski definition) is 2. The molecular weight excluding hydrogens is 228 g/mol. The molecule has 0 atom stereocenters. The van der Waals surface area contributed by atoms with Gasteiger partial charge in [0.15, 0.2) is 6.29 Å². The number of pyridine rings is 1. The summed E-state index contributed by atoms with van der Waals surface area (Å²) in [4.78, 5) is 4.45. The third-order valence-corrected chi connectivity index (χ3v) is 2.86. The van der Waals surface area contributed by atoms with E-state index in [1.165, 1.54) is 0 Å². The van der Waals surface area contributed by atoms with Gasteiger partial charge in [-0.1, -0.05) is 36.4 Å². The van der Waals surface area contributed by atoms with Crippen molar-refractivity contribution in [2.45, 2.75) is 6.29 Å². The molecular formula is C14H12N2O2. The van der Waals surface area contributed by atoms with Crippen molar-refractivity contribution in [3.8, 4) is 11.3 Å². The summed E-state index contributed by atoms with van der Waals surface area (Å²) in [5.74, 6) is 0. The smallest absolute Gasteiger partial charge is 0.196 e. The Kier molecular flexibility index (Phi) is 2.59. The van der Waals surface area contributed by atoms with Crippen LogP contribution in [0.4, 0.5) is 0 Å². The second-order valence-corrected chi connectivity index (χ2v) is 4.01. The van der Waals surface area contributed by atoms with E-state index in [9.17, 15) is 10.2 Å². The Morgan fingerprint density at radius 1 is 0.944 bits per heavy atom. The van der Waals surface area contributed by atoms with Gasteiger partial charge in [-0.25, -0.2) is 4.98 Å². The molecule has 4 nitrogen and oxygen atoms in total. The van der Waals surface area contributed by atoms with E-state index >= 15 is 0 Å². The van der Waals surface area contributed by atoms with Gasteiger partial charge < -0.3 is 10.2 Å². The van der Waals surface area contributed by atoms with Crippen LogP contribution in [0.15, 0.2) is 54.7 Å². The number of fused-ring (bicyclic) bond motifs is 1. The van der Waals surface area contributed by atoms with Crippen LogP contribution in [0.5, 0.6) is 0 Å². The van der Waals surface area contributed by atoms with Gasteiger partial charge in [0.25, 0.3) is 0 Å². The van der Waals surface area contributed by atoms with Gasteiger partial charge in [0, 0.05) is 11.8 Å². The van der Waals surface area contributed by atoms with E-state index in [0.29, 0.717) is 17.0 Å². The van der Waals surface area contributed by atoms with Crippen LogP contribution >= 0.6 is 0 Å². The predicted molar refractivity (Wildman–Crippen MR) is 67.8 cm³/mol. The van der Waals surface area contributed by atoms with Crippen molar-refractivity contribution in [3.05, 3.63) is 60.4 Å². The molecule has 0 unspecified atom stereocenters. The molecule has 1 aromatic carbocycles. The molecule has 0 aliphatic rings. The third-order valence-electron chi connectivity index (χ3n) is 2.86. The summed E-state index contributed by atoms with van der Waals surface area (Å²) < 4.78 is 1.69. The van der Waals surface area contributed by atoms with Crippen molar-refractivity contribution in [1.29, 1.82) is 0 Å². The number of aromatic nitrogens is 2. The maximum atomic E-state index is 9.55. The molecule has 0 fully saturated rings. The molecule has 4 heteroatoms. The lowest BCUT2D eigenvalue weighted by molar-refractivity contribution is -0.0459. The van der Waals surface area contributed by atoms with Gasteiger partial charge in [0.05, 0.1) is 5.69 Å². The lowest BCUT2D eigenvalue weighted by atomic mass is 10.1. The van der Waals surface area contributed by atoms with Gasteiger partial charge in [-0.05, 0) is 12.1 Å². The molecule has 3 aromatic rings. The fraction of sp³-hybridized carbons (Fsp3) is 0.0714. The highest BCUT2D eigenvalue weighted by molar-refractivity contribution is 5.66. The molecule has 2 aromatic heterocycles.